The predicted octanol–water partition coefficient (Wildman–Crippen LogP) is 2.52. The summed E-state index contributed by atoms with van der Waals surface area (Å²) in [5.41, 5.74) is 1.17. The van der Waals surface area contributed by atoms with Crippen molar-refractivity contribution in [3.8, 4) is 0 Å². The van der Waals surface area contributed by atoms with E-state index < -0.39 is 0 Å². The molecule has 0 saturated carbocycles. The lowest BCUT2D eigenvalue weighted by molar-refractivity contribution is 0.313. The van der Waals surface area contributed by atoms with E-state index in [9.17, 15) is 0 Å². The average molecular weight is 200 g/mol. The van der Waals surface area contributed by atoms with Crippen LogP contribution in [0.3, 0.4) is 0 Å². The molecular weight excluding hydrogens is 172 g/mol. The molecule has 2 nitrogen and oxygen atoms in total. The molecule has 1 unspecified atom stereocenters. The Hall–Kier alpha value is -0.340. The smallest absolute Gasteiger partial charge is 0.0226 e. The third-order valence-corrected chi connectivity index (χ3v) is 1.76. The van der Waals surface area contributed by atoms with Crippen LogP contribution in [-0.4, -0.2) is 38.1 Å². The molecule has 1 fully saturated rings. The zero-order valence-corrected chi connectivity index (χ0v) is 10.9. The van der Waals surface area contributed by atoms with E-state index in [0.29, 0.717) is 0 Å². The Morgan fingerprint density at radius 2 is 1.71 bits per heavy atom. The lowest BCUT2D eigenvalue weighted by Gasteiger charge is -2.16. The highest BCUT2D eigenvalue weighted by atomic mass is 15.1. The Kier molecular flexibility index (Phi) is 12.4. The summed E-state index contributed by atoms with van der Waals surface area (Å²) in [6.45, 7) is 13.9. The molecular formula is C12H28N2. The molecule has 1 heterocycles. The van der Waals surface area contributed by atoms with Gasteiger partial charge in [-0.1, -0.05) is 19.4 Å². The Balaban J connectivity index is 0. The van der Waals surface area contributed by atoms with Crippen molar-refractivity contribution in [1.29, 1.82) is 0 Å². The Bertz CT molecular complexity index is 120. The van der Waals surface area contributed by atoms with Crippen molar-refractivity contribution in [1.82, 2.24) is 10.2 Å². The minimum Gasteiger partial charge on any atom is -0.315 e. The lowest BCUT2D eigenvalue weighted by atomic mass is 10.2. The summed E-state index contributed by atoms with van der Waals surface area (Å²) < 4.78 is 0. The Labute approximate surface area is 90.4 Å². The van der Waals surface area contributed by atoms with Crippen molar-refractivity contribution in [2.45, 2.75) is 40.2 Å². The monoisotopic (exact) mass is 200 g/mol. The fourth-order valence-electron chi connectivity index (χ4n) is 1.08. The zero-order valence-electron chi connectivity index (χ0n) is 10.9. The molecule has 86 valence electrons. The number of nitrogens with one attached hydrogen (secondary N) is 1. The van der Waals surface area contributed by atoms with E-state index in [-0.39, 0.29) is 0 Å². The van der Waals surface area contributed by atoms with Crippen LogP contribution in [0, 0.1) is 0 Å². The molecule has 0 amide bonds. The molecule has 0 aromatic heterocycles. The predicted molar refractivity (Wildman–Crippen MR) is 66.8 cm³/mol. The van der Waals surface area contributed by atoms with E-state index >= 15 is 0 Å². The SMILES string of the molecule is C=C(C)C.CC.CN(C)C1CCNC1. The van der Waals surface area contributed by atoms with Crippen LogP contribution in [0.25, 0.3) is 0 Å². The third kappa shape index (κ3) is 11.7. The summed E-state index contributed by atoms with van der Waals surface area (Å²) >= 11 is 0. The highest BCUT2D eigenvalue weighted by Gasteiger charge is 2.14. The molecule has 2 heteroatoms. The van der Waals surface area contributed by atoms with Gasteiger partial charge in [0.05, 0.1) is 0 Å². The molecule has 1 rings (SSSR count). The first-order chi connectivity index (χ1) is 6.54. The second-order valence-corrected chi connectivity index (χ2v) is 3.82. The number of likely N-dealkylation sites (N-methyl/N-ethyl adjacent to an activating group) is 1. The van der Waals surface area contributed by atoms with E-state index in [4.69, 9.17) is 0 Å². The van der Waals surface area contributed by atoms with Gasteiger partial charge in [0.1, 0.15) is 0 Å². The second kappa shape index (κ2) is 10.7. The van der Waals surface area contributed by atoms with Gasteiger partial charge in [-0.25, -0.2) is 0 Å². The second-order valence-electron chi connectivity index (χ2n) is 3.82. The van der Waals surface area contributed by atoms with Gasteiger partial charge in [-0.05, 0) is 40.9 Å². The molecule has 14 heavy (non-hydrogen) atoms. The van der Waals surface area contributed by atoms with Crippen molar-refractivity contribution < 1.29 is 0 Å². The van der Waals surface area contributed by atoms with Gasteiger partial charge in [-0.2, -0.15) is 0 Å². The Morgan fingerprint density at radius 1 is 1.29 bits per heavy atom. The summed E-state index contributed by atoms with van der Waals surface area (Å²) in [4.78, 5) is 2.28. The van der Waals surface area contributed by atoms with Crippen LogP contribution in [-0.2, 0) is 0 Å². The summed E-state index contributed by atoms with van der Waals surface area (Å²) in [6.07, 6.45) is 1.31. The molecule has 0 radical (unpaired) electrons. The fraction of sp³-hybridized carbons (Fsp3) is 0.833. The summed E-state index contributed by atoms with van der Waals surface area (Å²) in [5.74, 6) is 0. The molecule has 0 aromatic rings. The molecule has 1 saturated heterocycles. The van der Waals surface area contributed by atoms with Gasteiger partial charge in [0.25, 0.3) is 0 Å². The first-order valence-electron chi connectivity index (χ1n) is 5.53. The van der Waals surface area contributed by atoms with Gasteiger partial charge in [0, 0.05) is 12.6 Å². The number of nitrogens with zero attached hydrogens (tertiary/aromatic N) is 1. The molecule has 1 N–H and O–H groups in total. The summed E-state index contributed by atoms with van der Waals surface area (Å²) in [6, 6.07) is 0.787. The number of allylic oxidation sites excluding steroid dienone is 1. The highest BCUT2D eigenvalue weighted by Crippen LogP contribution is 2.01. The molecule has 0 spiro atoms. The fourth-order valence-corrected chi connectivity index (χ4v) is 1.08. The van der Waals surface area contributed by atoms with Crippen molar-refractivity contribution in [2.24, 2.45) is 0 Å². The highest BCUT2D eigenvalue weighted by molar-refractivity contribution is 4.79. The van der Waals surface area contributed by atoms with Gasteiger partial charge in [0.2, 0.25) is 0 Å². The number of hydrogen-bond donors (Lipinski definition) is 1. The standard InChI is InChI=1S/C6H14N2.C4H8.C2H6/c1-8(2)6-3-4-7-5-6;1-4(2)3;1-2/h6-7H,3-5H2,1-2H3;1H2,2-3H3;1-2H3. The zero-order chi connectivity index (χ0) is 11.6. The topological polar surface area (TPSA) is 15.3 Å². The van der Waals surface area contributed by atoms with Gasteiger partial charge >= 0.3 is 0 Å². The van der Waals surface area contributed by atoms with E-state index in [1.807, 2.05) is 27.7 Å². The number of rotatable bonds is 1. The van der Waals surface area contributed by atoms with Crippen molar-refractivity contribution in [2.75, 3.05) is 27.2 Å². The molecule has 0 aromatic carbocycles. The molecule has 1 aliphatic rings. The first kappa shape index (κ1) is 16.1. The van der Waals surface area contributed by atoms with E-state index in [1.54, 1.807) is 0 Å². The number of hydrogen-bond acceptors (Lipinski definition) is 2. The molecule has 1 atom stereocenters. The molecule has 1 aliphatic heterocycles. The third-order valence-electron chi connectivity index (χ3n) is 1.76. The Morgan fingerprint density at radius 3 is 1.86 bits per heavy atom. The van der Waals surface area contributed by atoms with Gasteiger partial charge in [0.15, 0.2) is 0 Å². The van der Waals surface area contributed by atoms with E-state index in [2.05, 4.69) is 30.9 Å². The van der Waals surface area contributed by atoms with Crippen LogP contribution < -0.4 is 5.32 Å². The maximum Gasteiger partial charge on any atom is 0.0226 e. The quantitative estimate of drug-likeness (QED) is 0.654. The van der Waals surface area contributed by atoms with Gasteiger partial charge in [-0.3, -0.25) is 0 Å². The molecule has 0 bridgehead atoms. The van der Waals surface area contributed by atoms with E-state index in [0.717, 1.165) is 6.04 Å². The summed E-state index contributed by atoms with van der Waals surface area (Å²) in [5, 5.41) is 3.31. The van der Waals surface area contributed by atoms with Crippen LogP contribution in [0.15, 0.2) is 12.2 Å². The maximum absolute atomic E-state index is 3.56. The van der Waals surface area contributed by atoms with Crippen molar-refractivity contribution in [3.05, 3.63) is 12.2 Å². The first-order valence-corrected chi connectivity index (χ1v) is 5.53. The van der Waals surface area contributed by atoms with E-state index in [1.165, 1.54) is 25.1 Å². The summed E-state index contributed by atoms with van der Waals surface area (Å²) in [7, 11) is 4.27. The minimum absolute atomic E-state index is 0.787. The van der Waals surface area contributed by atoms with Crippen molar-refractivity contribution >= 4 is 0 Å². The normalized spacial score (nSPS) is 19.2. The minimum atomic E-state index is 0.787. The van der Waals surface area contributed by atoms with Crippen LogP contribution in [0.4, 0.5) is 0 Å². The van der Waals surface area contributed by atoms with Crippen LogP contribution in [0.1, 0.15) is 34.1 Å². The average Bonchev–Trinajstić information content (AvgIpc) is 2.58. The van der Waals surface area contributed by atoms with Gasteiger partial charge < -0.3 is 10.2 Å². The maximum atomic E-state index is 3.56. The largest absolute Gasteiger partial charge is 0.315 e. The molecule has 0 aliphatic carbocycles. The van der Waals surface area contributed by atoms with Gasteiger partial charge in [-0.15, -0.1) is 6.58 Å². The van der Waals surface area contributed by atoms with Crippen LogP contribution in [0.2, 0.25) is 0 Å². The lowest BCUT2D eigenvalue weighted by Crippen LogP contribution is -2.29. The van der Waals surface area contributed by atoms with Crippen molar-refractivity contribution in [3.63, 3.8) is 0 Å². The van der Waals surface area contributed by atoms with Crippen LogP contribution in [0.5, 0.6) is 0 Å². The van der Waals surface area contributed by atoms with Crippen LogP contribution >= 0.6 is 0 Å².